The van der Waals surface area contributed by atoms with Crippen LogP contribution in [0.15, 0.2) is 42.5 Å². The first kappa shape index (κ1) is 11.5. The van der Waals surface area contributed by atoms with Crippen LogP contribution in [0.1, 0.15) is 19.8 Å². The molecule has 0 amide bonds. The van der Waals surface area contributed by atoms with Crippen LogP contribution in [0.5, 0.6) is 5.75 Å². The molecule has 0 spiro atoms. The van der Waals surface area contributed by atoms with Crippen molar-refractivity contribution in [2.75, 3.05) is 6.61 Å². The first-order valence-electron chi connectivity index (χ1n) is 5.20. The van der Waals surface area contributed by atoms with E-state index in [-0.39, 0.29) is 5.78 Å². The highest BCUT2D eigenvalue weighted by molar-refractivity contribution is 5.89. The molecule has 0 atom stereocenters. The van der Waals surface area contributed by atoms with Crippen LogP contribution in [0.2, 0.25) is 0 Å². The topological polar surface area (TPSA) is 26.3 Å². The predicted molar refractivity (Wildman–Crippen MR) is 61.0 cm³/mol. The molecule has 0 N–H and O–H groups in total. The van der Waals surface area contributed by atoms with Gasteiger partial charge in [0, 0.05) is 6.42 Å². The normalized spacial score (nSPS) is 10.5. The maximum atomic E-state index is 11.1. The fourth-order valence-corrected chi connectivity index (χ4v) is 1.17. The molecule has 0 fully saturated rings. The molecule has 80 valence electrons. The summed E-state index contributed by atoms with van der Waals surface area (Å²) in [5.41, 5.74) is 0. The fourth-order valence-electron chi connectivity index (χ4n) is 1.17. The number of ether oxygens (including phenoxy) is 1. The Morgan fingerprint density at radius 2 is 2.07 bits per heavy atom. The molecule has 0 unspecified atom stereocenters. The van der Waals surface area contributed by atoms with E-state index in [0.717, 1.165) is 12.2 Å². The summed E-state index contributed by atoms with van der Waals surface area (Å²) in [4.78, 5) is 11.1. The van der Waals surface area contributed by atoms with E-state index in [2.05, 4.69) is 0 Å². The van der Waals surface area contributed by atoms with Gasteiger partial charge in [0.25, 0.3) is 0 Å². The molecular formula is C13H16O2. The van der Waals surface area contributed by atoms with Crippen molar-refractivity contribution in [3.8, 4) is 5.75 Å². The lowest BCUT2D eigenvalue weighted by molar-refractivity contribution is -0.114. The lowest BCUT2D eigenvalue weighted by Crippen LogP contribution is -1.96. The average molecular weight is 204 g/mol. The van der Waals surface area contributed by atoms with Crippen LogP contribution in [0.4, 0.5) is 0 Å². The van der Waals surface area contributed by atoms with Gasteiger partial charge in [0.2, 0.25) is 0 Å². The third-order valence-corrected chi connectivity index (χ3v) is 1.89. The summed E-state index contributed by atoms with van der Waals surface area (Å²) in [6, 6.07) is 9.56. The van der Waals surface area contributed by atoms with Crippen LogP contribution in [0, 0.1) is 0 Å². The van der Waals surface area contributed by atoms with Gasteiger partial charge in [0.1, 0.15) is 12.4 Å². The molecule has 0 saturated heterocycles. The number of carbonyl (C=O) groups is 1. The van der Waals surface area contributed by atoms with Gasteiger partial charge in [-0.15, -0.1) is 0 Å². The van der Waals surface area contributed by atoms with E-state index in [9.17, 15) is 4.79 Å². The highest BCUT2D eigenvalue weighted by Crippen LogP contribution is 2.07. The zero-order chi connectivity index (χ0) is 10.9. The van der Waals surface area contributed by atoms with E-state index in [1.165, 1.54) is 0 Å². The number of para-hydroxylation sites is 1. The van der Waals surface area contributed by atoms with Gasteiger partial charge >= 0.3 is 0 Å². The molecule has 0 aliphatic carbocycles. The van der Waals surface area contributed by atoms with Crippen LogP contribution in [0.25, 0.3) is 0 Å². The minimum Gasteiger partial charge on any atom is -0.490 e. The van der Waals surface area contributed by atoms with E-state index >= 15 is 0 Å². The van der Waals surface area contributed by atoms with Crippen LogP contribution < -0.4 is 4.74 Å². The SMILES string of the molecule is CCCC(=O)/C=C/COc1ccccc1. The summed E-state index contributed by atoms with van der Waals surface area (Å²) in [6.45, 7) is 2.44. The molecule has 1 aromatic rings. The Kier molecular flexibility index (Phi) is 5.23. The van der Waals surface area contributed by atoms with Crippen LogP contribution in [-0.4, -0.2) is 12.4 Å². The molecule has 0 radical (unpaired) electrons. The summed E-state index contributed by atoms with van der Waals surface area (Å²) in [5.74, 6) is 0.985. The smallest absolute Gasteiger partial charge is 0.155 e. The summed E-state index contributed by atoms with van der Waals surface area (Å²) in [5, 5.41) is 0. The standard InChI is InChI=1S/C13H16O2/c1-2-7-12(14)8-6-11-15-13-9-4-3-5-10-13/h3-6,8-10H,2,7,11H2,1H3/b8-6+. The van der Waals surface area contributed by atoms with Gasteiger partial charge in [0.15, 0.2) is 5.78 Å². The Hall–Kier alpha value is -1.57. The summed E-state index contributed by atoms with van der Waals surface area (Å²) < 4.78 is 5.40. The number of benzene rings is 1. The fraction of sp³-hybridized carbons (Fsp3) is 0.308. The first-order valence-corrected chi connectivity index (χ1v) is 5.20. The molecule has 0 saturated carbocycles. The second-order valence-electron chi connectivity index (χ2n) is 3.24. The van der Waals surface area contributed by atoms with Crippen molar-refractivity contribution in [2.24, 2.45) is 0 Å². The molecule has 0 heterocycles. The molecule has 1 aromatic carbocycles. The Morgan fingerprint density at radius 1 is 1.33 bits per heavy atom. The second kappa shape index (κ2) is 6.82. The van der Waals surface area contributed by atoms with Crippen LogP contribution in [0.3, 0.4) is 0 Å². The quantitative estimate of drug-likeness (QED) is 0.666. The number of allylic oxidation sites excluding steroid dienone is 1. The van der Waals surface area contributed by atoms with E-state index in [0.29, 0.717) is 13.0 Å². The van der Waals surface area contributed by atoms with Crippen molar-refractivity contribution in [1.82, 2.24) is 0 Å². The Labute approximate surface area is 90.6 Å². The molecular weight excluding hydrogens is 188 g/mol. The number of hydrogen-bond donors (Lipinski definition) is 0. The van der Waals surface area contributed by atoms with E-state index in [1.807, 2.05) is 37.3 Å². The molecule has 0 aliphatic heterocycles. The highest BCUT2D eigenvalue weighted by Gasteiger charge is 1.92. The Balaban J connectivity index is 2.24. The van der Waals surface area contributed by atoms with E-state index in [1.54, 1.807) is 12.2 Å². The summed E-state index contributed by atoms with van der Waals surface area (Å²) in [7, 11) is 0. The monoisotopic (exact) mass is 204 g/mol. The van der Waals surface area contributed by atoms with Gasteiger partial charge in [-0.05, 0) is 30.7 Å². The summed E-state index contributed by atoms with van der Waals surface area (Å²) in [6.07, 6.45) is 4.85. The second-order valence-corrected chi connectivity index (χ2v) is 3.24. The van der Waals surface area contributed by atoms with Crippen molar-refractivity contribution in [2.45, 2.75) is 19.8 Å². The number of rotatable bonds is 6. The average Bonchev–Trinajstić information content (AvgIpc) is 2.26. The maximum Gasteiger partial charge on any atom is 0.155 e. The number of ketones is 1. The van der Waals surface area contributed by atoms with E-state index in [4.69, 9.17) is 4.74 Å². The van der Waals surface area contributed by atoms with Crippen LogP contribution >= 0.6 is 0 Å². The predicted octanol–water partition coefficient (Wildman–Crippen LogP) is 2.99. The van der Waals surface area contributed by atoms with Gasteiger partial charge in [-0.3, -0.25) is 4.79 Å². The molecule has 1 rings (SSSR count). The molecule has 2 heteroatoms. The minimum atomic E-state index is 0.161. The number of hydrogen-bond acceptors (Lipinski definition) is 2. The zero-order valence-electron chi connectivity index (χ0n) is 8.98. The summed E-state index contributed by atoms with van der Waals surface area (Å²) >= 11 is 0. The van der Waals surface area contributed by atoms with Gasteiger partial charge in [-0.25, -0.2) is 0 Å². The molecule has 0 aliphatic rings. The van der Waals surface area contributed by atoms with Crippen molar-refractivity contribution in [1.29, 1.82) is 0 Å². The molecule has 0 bridgehead atoms. The Bertz CT molecular complexity index is 315. The van der Waals surface area contributed by atoms with E-state index < -0.39 is 0 Å². The Morgan fingerprint density at radius 3 is 2.73 bits per heavy atom. The van der Waals surface area contributed by atoms with Crippen LogP contribution in [-0.2, 0) is 4.79 Å². The van der Waals surface area contributed by atoms with Crippen molar-refractivity contribution >= 4 is 5.78 Å². The zero-order valence-corrected chi connectivity index (χ0v) is 8.98. The third kappa shape index (κ3) is 5.01. The van der Waals surface area contributed by atoms with Gasteiger partial charge in [-0.2, -0.15) is 0 Å². The van der Waals surface area contributed by atoms with Crippen molar-refractivity contribution in [3.63, 3.8) is 0 Å². The molecule has 2 nitrogen and oxygen atoms in total. The first-order chi connectivity index (χ1) is 7.33. The largest absolute Gasteiger partial charge is 0.490 e. The third-order valence-electron chi connectivity index (χ3n) is 1.89. The lowest BCUT2D eigenvalue weighted by Gasteiger charge is -2.01. The maximum absolute atomic E-state index is 11.1. The molecule has 15 heavy (non-hydrogen) atoms. The van der Waals surface area contributed by atoms with Crippen molar-refractivity contribution in [3.05, 3.63) is 42.5 Å². The molecule has 0 aromatic heterocycles. The van der Waals surface area contributed by atoms with Gasteiger partial charge in [0.05, 0.1) is 0 Å². The van der Waals surface area contributed by atoms with Crippen molar-refractivity contribution < 1.29 is 9.53 Å². The van der Waals surface area contributed by atoms with Gasteiger partial charge in [-0.1, -0.05) is 25.1 Å². The highest BCUT2D eigenvalue weighted by atomic mass is 16.5. The van der Waals surface area contributed by atoms with Gasteiger partial charge < -0.3 is 4.74 Å². The lowest BCUT2D eigenvalue weighted by atomic mass is 10.2. The minimum absolute atomic E-state index is 0.161. The number of carbonyl (C=O) groups excluding carboxylic acids is 1.